The summed E-state index contributed by atoms with van der Waals surface area (Å²) in [5.41, 5.74) is 6.80. The molecule has 0 aliphatic heterocycles. The molecule has 2 aromatic carbocycles. The number of benzene rings is 2. The normalized spacial score (nSPS) is 9.95. The van der Waals surface area contributed by atoms with Gasteiger partial charge in [-0.2, -0.15) is 0 Å². The Balaban J connectivity index is 1.95. The molecule has 0 aliphatic carbocycles. The highest BCUT2D eigenvalue weighted by atomic mass is 16.5. The summed E-state index contributed by atoms with van der Waals surface area (Å²) in [6, 6.07) is 13.2. The van der Waals surface area contributed by atoms with E-state index < -0.39 is 11.9 Å². The van der Waals surface area contributed by atoms with Gasteiger partial charge in [0.15, 0.2) is 0 Å². The SMILES string of the molecule is COc1ccc(C(=O)OCc2ccc(C(N)=O)cc2)cc1. The molecule has 0 unspecified atom stereocenters. The molecular weight excluding hydrogens is 270 g/mol. The molecule has 0 bridgehead atoms. The Morgan fingerprint density at radius 1 is 0.952 bits per heavy atom. The summed E-state index contributed by atoms with van der Waals surface area (Å²) in [6.07, 6.45) is 0. The lowest BCUT2D eigenvalue weighted by Gasteiger charge is -2.06. The Kier molecular flexibility index (Phi) is 4.56. The van der Waals surface area contributed by atoms with Crippen molar-refractivity contribution in [1.29, 1.82) is 0 Å². The highest BCUT2D eigenvalue weighted by molar-refractivity contribution is 5.92. The first kappa shape index (κ1) is 14.6. The molecule has 0 aromatic heterocycles. The highest BCUT2D eigenvalue weighted by Gasteiger charge is 2.08. The largest absolute Gasteiger partial charge is 0.497 e. The fraction of sp³-hybridized carbons (Fsp3) is 0.125. The van der Waals surface area contributed by atoms with Gasteiger partial charge in [0.25, 0.3) is 0 Å². The van der Waals surface area contributed by atoms with Crippen molar-refractivity contribution in [2.75, 3.05) is 7.11 Å². The topological polar surface area (TPSA) is 78.6 Å². The first-order chi connectivity index (χ1) is 10.1. The molecule has 5 nitrogen and oxygen atoms in total. The van der Waals surface area contributed by atoms with Crippen LogP contribution in [0.15, 0.2) is 48.5 Å². The van der Waals surface area contributed by atoms with E-state index >= 15 is 0 Å². The van der Waals surface area contributed by atoms with Crippen LogP contribution in [0.25, 0.3) is 0 Å². The van der Waals surface area contributed by atoms with Gasteiger partial charge in [-0.1, -0.05) is 12.1 Å². The van der Waals surface area contributed by atoms with Crippen molar-refractivity contribution in [3.05, 3.63) is 65.2 Å². The average molecular weight is 285 g/mol. The Labute approximate surface area is 122 Å². The van der Waals surface area contributed by atoms with E-state index in [1.165, 1.54) is 0 Å². The van der Waals surface area contributed by atoms with Crippen LogP contribution in [0.4, 0.5) is 0 Å². The average Bonchev–Trinajstić information content (AvgIpc) is 2.53. The lowest BCUT2D eigenvalue weighted by molar-refractivity contribution is 0.0472. The molecule has 0 saturated carbocycles. The van der Waals surface area contributed by atoms with Crippen LogP contribution < -0.4 is 10.5 Å². The van der Waals surface area contributed by atoms with Crippen molar-refractivity contribution in [2.45, 2.75) is 6.61 Å². The van der Waals surface area contributed by atoms with Gasteiger partial charge >= 0.3 is 5.97 Å². The number of hydrogen-bond donors (Lipinski definition) is 1. The molecule has 5 heteroatoms. The molecule has 0 fully saturated rings. The third kappa shape index (κ3) is 3.82. The van der Waals surface area contributed by atoms with Crippen molar-refractivity contribution in [3.8, 4) is 5.75 Å². The Morgan fingerprint density at radius 2 is 1.52 bits per heavy atom. The van der Waals surface area contributed by atoms with Crippen molar-refractivity contribution >= 4 is 11.9 Å². The zero-order valence-corrected chi connectivity index (χ0v) is 11.5. The van der Waals surface area contributed by atoms with Gasteiger partial charge < -0.3 is 15.2 Å². The summed E-state index contributed by atoms with van der Waals surface area (Å²) in [7, 11) is 1.56. The van der Waals surface area contributed by atoms with Gasteiger partial charge in [0.2, 0.25) is 5.91 Å². The fourth-order valence-electron chi connectivity index (χ4n) is 1.72. The highest BCUT2D eigenvalue weighted by Crippen LogP contribution is 2.13. The van der Waals surface area contributed by atoms with E-state index in [4.69, 9.17) is 15.2 Å². The Hall–Kier alpha value is -2.82. The lowest BCUT2D eigenvalue weighted by Crippen LogP contribution is -2.11. The third-order valence-electron chi connectivity index (χ3n) is 2.93. The van der Waals surface area contributed by atoms with Crippen LogP contribution in [0.2, 0.25) is 0 Å². The second-order valence-electron chi connectivity index (χ2n) is 4.37. The summed E-state index contributed by atoms with van der Waals surface area (Å²) in [6.45, 7) is 0.129. The maximum atomic E-state index is 11.9. The van der Waals surface area contributed by atoms with E-state index in [1.54, 1.807) is 55.6 Å². The molecule has 2 rings (SSSR count). The molecular formula is C16H15NO4. The van der Waals surface area contributed by atoms with Crippen LogP contribution in [0.5, 0.6) is 5.75 Å². The number of carbonyl (C=O) groups is 2. The van der Waals surface area contributed by atoms with Crippen LogP contribution in [0.1, 0.15) is 26.3 Å². The number of methoxy groups -OCH3 is 1. The van der Waals surface area contributed by atoms with Gasteiger partial charge in [0.05, 0.1) is 12.7 Å². The van der Waals surface area contributed by atoms with Crippen molar-refractivity contribution in [1.82, 2.24) is 0 Å². The molecule has 2 aromatic rings. The van der Waals surface area contributed by atoms with Gasteiger partial charge in [0.1, 0.15) is 12.4 Å². The molecule has 0 atom stereocenters. The summed E-state index contributed by atoms with van der Waals surface area (Å²) in [5, 5.41) is 0. The number of hydrogen-bond acceptors (Lipinski definition) is 4. The molecule has 0 aliphatic rings. The first-order valence-electron chi connectivity index (χ1n) is 6.30. The molecule has 108 valence electrons. The maximum Gasteiger partial charge on any atom is 0.338 e. The maximum absolute atomic E-state index is 11.9. The summed E-state index contributed by atoms with van der Waals surface area (Å²) in [5.74, 6) is -0.234. The molecule has 0 heterocycles. The van der Waals surface area contributed by atoms with Gasteiger partial charge in [-0.15, -0.1) is 0 Å². The van der Waals surface area contributed by atoms with Crippen LogP contribution in [0, 0.1) is 0 Å². The molecule has 1 amide bonds. The van der Waals surface area contributed by atoms with Crippen molar-refractivity contribution in [3.63, 3.8) is 0 Å². The summed E-state index contributed by atoms with van der Waals surface area (Å²) in [4.78, 5) is 22.8. The smallest absolute Gasteiger partial charge is 0.338 e. The number of amides is 1. The van der Waals surface area contributed by atoms with E-state index in [-0.39, 0.29) is 6.61 Å². The molecule has 2 N–H and O–H groups in total. The van der Waals surface area contributed by atoms with Crippen LogP contribution >= 0.6 is 0 Å². The van der Waals surface area contributed by atoms with E-state index in [9.17, 15) is 9.59 Å². The standard InChI is InChI=1S/C16H15NO4/c1-20-14-8-6-13(7-9-14)16(19)21-10-11-2-4-12(5-3-11)15(17)18/h2-9H,10H2,1H3,(H2,17,18). The van der Waals surface area contributed by atoms with Gasteiger partial charge in [-0.25, -0.2) is 4.79 Å². The number of carbonyl (C=O) groups excluding carboxylic acids is 2. The van der Waals surface area contributed by atoms with E-state index in [0.29, 0.717) is 16.9 Å². The quantitative estimate of drug-likeness (QED) is 0.854. The van der Waals surface area contributed by atoms with E-state index in [0.717, 1.165) is 5.56 Å². The summed E-state index contributed by atoms with van der Waals surface area (Å²) < 4.78 is 10.2. The second kappa shape index (κ2) is 6.56. The predicted octanol–water partition coefficient (Wildman–Crippen LogP) is 2.15. The third-order valence-corrected chi connectivity index (χ3v) is 2.93. The zero-order valence-electron chi connectivity index (χ0n) is 11.5. The van der Waals surface area contributed by atoms with Crippen molar-refractivity contribution in [2.24, 2.45) is 5.73 Å². The fourth-order valence-corrected chi connectivity index (χ4v) is 1.72. The van der Waals surface area contributed by atoms with Crippen LogP contribution in [-0.2, 0) is 11.3 Å². The van der Waals surface area contributed by atoms with Crippen LogP contribution in [0.3, 0.4) is 0 Å². The Morgan fingerprint density at radius 3 is 2.05 bits per heavy atom. The minimum absolute atomic E-state index is 0.129. The van der Waals surface area contributed by atoms with Gasteiger partial charge in [0, 0.05) is 5.56 Å². The first-order valence-corrected chi connectivity index (χ1v) is 6.30. The minimum atomic E-state index is -0.489. The van der Waals surface area contributed by atoms with Crippen molar-refractivity contribution < 1.29 is 19.1 Å². The van der Waals surface area contributed by atoms with Gasteiger partial charge in [-0.05, 0) is 42.0 Å². The number of ether oxygens (including phenoxy) is 2. The number of esters is 1. The number of primary amides is 1. The number of nitrogens with two attached hydrogens (primary N) is 1. The molecule has 0 saturated heterocycles. The molecule has 0 radical (unpaired) electrons. The lowest BCUT2D eigenvalue weighted by atomic mass is 10.1. The predicted molar refractivity (Wildman–Crippen MR) is 77.1 cm³/mol. The number of rotatable bonds is 5. The second-order valence-corrected chi connectivity index (χ2v) is 4.37. The zero-order chi connectivity index (χ0) is 15.2. The van der Waals surface area contributed by atoms with E-state index in [1.807, 2.05) is 0 Å². The monoisotopic (exact) mass is 285 g/mol. The molecule has 0 spiro atoms. The summed E-state index contributed by atoms with van der Waals surface area (Å²) >= 11 is 0. The molecule has 21 heavy (non-hydrogen) atoms. The minimum Gasteiger partial charge on any atom is -0.497 e. The van der Waals surface area contributed by atoms with Gasteiger partial charge in [-0.3, -0.25) is 4.79 Å². The van der Waals surface area contributed by atoms with Crippen LogP contribution in [-0.4, -0.2) is 19.0 Å². The Bertz CT molecular complexity index is 632. The van der Waals surface area contributed by atoms with E-state index in [2.05, 4.69) is 0 Å².